The zero-order valence-electron chi connectivity index (χ0n) is 9.45. The molecule has 2 unspecified atom stereocenters. The first-order valence-electron chi connectivity index (χ1n) is 5.35. The van der Waals surface area contributed by atoms with Crippen LogP contribution < -0.4 is 0 Å². The Kier molecular flexibility index (Phi) is 3.88. The van der Waals surface area contributed by atoms with Crippen LogP contribution in [0.15, 0.2) is 54.6 Å². The van der Waals surface area contributed by atoms with Crippen molar-refractivity contribution < 1.29 is 8.76 Å². The summed E-state index contributed by atoms with van der Waals surface area (Å²) >= 11 is -2.42. The molecule has 2 aromatic carbocycles. The summed E-state index contributed by atoms with van der Waals surface area (Å²) < 4.78 is 21.7. The highest BCUT2D eigenvalue weighted by Gasteiger charge is 2.10. The second-order valence-electron chi connectivity index (χ2n) is 3.76. The van der Waals surface area contributed by atoms with Crippen LogP contribution >= 0.6 is 0 Å². The first-order chi connectivity index (χ1) is 8.72. The molecule has 0 spiro atoms. The molecule has 0 saturated heterocycles. The molecule has 2 rings (SSSR count). The minimum absolute atomic E-state index is 0.491. The van der Waals surface area contributed by atoms with Gasteiger partial charge in [-0.25, -0.2) is 0 Å². The van der Waals surface area contributed by atoms with Crippen LogP contribution in [-0.2, 0) is 11.1 Å². The lowest BCUT2D eigenvalue weighted by Gasteiger charge is -2.12. The molecule has 2 atom stereocenters. The maximum atomic E-state index is 10.9. The number of hydrogen-bond donors (Lipinski definition) is 0. The monoisotopic (exact) mass is 256 g/mol. The molecule has 0 aliphatic rings. The highest BCUT2D eigenvalue weighted by molar-refractivity contribution is 7.79. The first kappa shape index (κ1) is 12.5. The highest BCUT2D eigenvalue weighted by Crippen LogP contribution is 2.23. The fourth-order valence-corrected chi connectivity index (χ4v) is 2.18. The Balaban J connectivity index is 2.32. The number of nitrogens with zero attached hydrogens (tertiary/aromatic N) is 1. The van der Waals surface area contributed by atoms with Gasteiger partial charge in [-0.15, -0.1) is 0 Å². The Bertz CT molecular complexity index is 587. The summed E-state index contributed by atoms with van der Waals surface area (Å²) in [5.41, 5.74) is 2.54. The number of rotatable bonds is 3. The van der Waals surface area contributed by atoms with Gasteiger partial charge in [0.15, 0.2) is 0 Å². The third-order valence-corrected chi connectivity index (χ3v) is 3.39. The Morgan fingerprint density at radius 2 is 1.56 bits per heavy atom. The average Bonchev–Trinajstić information content (AvgIpc) is 2.41. The van der Waals surface area contributed by atoms with Gasteiger partial charge in [-0.2, -0.15) is 5.26 Å². The van der Waals surface area contributed by atoms with Gasteiger partial charge >= 0.3 is 0 Å². The van der Waals surface area contributed by atoms with E-state index in [1.807, 2.05) is 42.5 Å². The van der Waals surface area contributed by atoms with Gasteiger partial charge in [-0.3, -0.25) is 4.21 Å². The molecule has 0 fully saturated rings. The van der Waals surface area contributed by atoms with Gasteiger partial charge in [0, 0.05) is 0 Å². The van der Waals surface area contributed by atoms with Crippen molar-refractivity contribution in [1.82, 2.24) is 0 Å². The number of hydrogen-bond acceptors (Lipinski definition) is 3. The molecule has 3 nitrogen and oxygen atoms in total. The van der Waals surface area contributed by atoms with E-state index in [4.69, 9.17) is 5.26 Å². The van der Waals surface area contributed by atoms with E-state index in [0.717, 1.165) is 11.1 Å². The molecule has 0 aliphatic carbocycles. The van der Waals surface area contributed by atoms with Crippen LogP contribution in [0.2, 0.25) is 0 Å². The molecule has 90 valence electrons. The second-order valence-corrected chi connectivity index (χ2v) is 4.75. The Morgan fingerprint density at radius 3 is 2.06 bits per heavy atom. The van der Waals surface area contributed by atoms with Gasteiger partial charge in [-0.1, -0.05) is 54.6 Å². The normalized spacial score (nSPS) is 13.6. The summed E-state index contributed by atoms with van der Waals surface area (Å²) in [5, 5.41) is 7.69. The molecule has 0 saturated carbocycles. The molecule has 0 aromatic heterocycles. The van der Waals surface area contributed by atoms with E-state index in [1.54, 1.807) is 18.2 Å². The summed E-state index contributed by atoms with van der Waals surface area (Å²) in [6, 6.07) is 18.5. The molecular weight excluding hydrogens is 246 g/mol. The number of nitriles is 1. The quantitative estimate of drug-likeness (QED) is 0.793. The van der Waals surface area contributed by atoms with Crippen LogP contribution in [0.5, 0.6) is 0 Å². The SMILES string of the molecule is N#CC(c1ccc(-c2ccccc2)cc1)S(=O)[O-]. The smallest absolute Gasteiger partial charge is 0.133 e. The number of benzene rings is 2. The fourth-order valence-electron chi connectivity index (χ4n) is 1.71. The van der Waals surface area contributed by atoms with Crippen LogP contribution in [-0.4, -0.2) is 8.76 Å². The molecule has 0 heterocycles. The fraction of sp³-hybridized carbons (Fsp3) is 0.0714. The first-order valence-corrected chi connectivity index (χ1v) is 6.49. The minimum atomic E-state index is -2.42. The van der Waals surface area contributed by atoms with E-state index >= 15 is 0 Å². The Morgan fingerprint density at radius 1 is 1.00 bits per heavy atom. The van der Waals surface area contributed by atoms with Gasteiger partial charge in [-0.05, 0) is 27.8 Å². The van der Waals surface area contributed by atoms with Crippen LogP contribution in [0.3, 0.4) is 0 Å². The van der Waals surface area contributed by atoms with Crippen molar-refractivity contribution in [2.45, 2.75) is 5.25 Å². The van der Waals surface area contributed by atoms with Gasteiger partial charge in [0.1, 0.15) is 5.25 Å². The van der Waals surface area contributed by atoms with E-state index in [1.165, 1.54) is 0 Å². The summed E-state index contributed by atoms with van der Waals surface area (Å²) in [4.78, 5) is 0. The lowest BCUT2D eigenvalue weighted by atomic mass is 10.0. The standard InChI is InChI=1S/C14H11NO2S/c15-10-14(18(16)17)13-8-6-12(7-9-13)11-4-2-1-3-5-11/h1-9,14H,(H,16,17)/p-1. The van der Waals surface area contributed by atoms with Crippen molar-refractivity contribution in [3.8, 4) is 17.2 Å². The van der Waals surface area contributed by atoms with Gasteiger partial charge in [0.25, 0.3) is 0 Å². The van der Waals surface area contributed by atoms with Gasteiger partial charge in [0.05, 0.1) is 6.07 Å². The Labute approximate surface area is 108 Å². The summed E-state index contributed by atoms with van der Waals surface area (Å²) in [6.45, 7) is 0. The van der Waals surface area contributed by atoms with Crippen LogP contribution in [0.4, 0.5) is 0 Å². The summed E-state index contributed by atoms with van der Waals surface area (Å²) in [5.74, 6) is 0. The molecule has 0 amide bonds. The van der Waals surface area contributed by atoms with E-state index in [0.29, 0.717) is 5.56 Å². The van der Waals surface area contributed by atoms with Crippen LogP contribution in [0.1, 0.15) is 10.8 Å². The van der Waals surface area contributed by atoms with Crippen LogP contribution in [0, 0.1) is 11.3 Å². The maximum Gasteiger partial charge on any atom is 0.133 e. The molecule has 0 N–H and O–H groups in total. The molecule has 2 aromatic rings. The second kappa shape index (κ2) is 5.58. The predicted octanol–water partition coefficient (Wildman–Crippen LogP) is 2.80. The van der Waals surface area contributed by atoms with Crippen molar-refractivity contribution in [3.05, 3.63) is 60.2 Å². The molecule has 0 radical (unpaired) electrons. The highest BCUT2D eigenvalue weighted by atomic mass is 32.2. The zero-order chi connectivity index (χ0) is 13.0. The van der Waals surface area contributed by atoms with Crippen molar-refractivity contribution in [1.29, 1.82) is 5.26 Å². The van der Waals surface area contributed by atoms with E-state index in [9.17, 15) is 8.76 Å². The van der Waals surface area contributed by atoms with E-state index in [-0.39, 0.29) is 0 Å². The van der Waals surface area contributed by atoms with Crippen molar-refractivity contribution in [3.63, 3.8) is 0 Å². The molecule has 4 heteroatoms. The third-order valence-electron chi connectivity index (χ3n) is 2.63. The maximum absolute atomic E-state index is 10.9. The predicted molar refractivity (Wildman–Crippen MR) is 69.2 cm³/mol. The van der Waals surface area contributed by atoms with Gasteiger partial charge < -0.3 is 4.55 Å². The molecule has 0 aliphatic heterocycles. The van der Waals surface area contributed by atoms with Crippen molar-refractivity contribution in [2.24, 2.45) is 0 Å². The van der Waals surface area contributed by atoms with Crippen molar-refractivity contribution >= 4 is 11.1 Å². The third kappa shape index (κ3) is 2.65. The average molecular weight is 256 g/mol. The van der Waals surface area contributed by atoms with Crippen LogP contribution in [0.25, 0.3) is 11.1 Å². The lowest BCUT2D eigenvalue weighted by Crippen LogP contribution is -2.02. The molecule has 0 bridgehead atoms. The topological polar surface area (TPSA) is 63.9 Å². The largest absolute Gasteiger partial charge is 0.771 e. The molecule has 18 heavy (non-hydrogen) atoms. The lowest BCUT2D eigenvalue weighted by molar-refractivity contribution is 0.532. The summed E-state index contributed by atoms with van der Waals surface area (Å²) in [6.07, 6.45) is 0. The minimum Gasteiger partial charge on any atom is -0.771 e. The molecular formula is C14H10NO2S-. The van der Waals surface area contributed by atoms with Crippen molar-refractivity contribution in [2.75, 3.05) is 0 Å². The van der Waals surface area contributed by atoms with Gasteiger partial charge in [0.2, 0.25) is 0 Å². The Hall–Kier alpha value is -1.96. The van der Waals surface area contributed by atoms with E-state index in [2.05, 4.69) is 0 Å². The summed E-state index contributed by atoms with van der Waals surface area (Å²) in [7, 11) is 0. The zero-order valence-corrected chi connectivity index (χ0v) is 10.3. The van der Waals surface area contributed by atoms with E-state index < -0.39 is 16.3 Å².